The van der Waals surface area contributed by atoms with Crippen LogP contribution in [0.15, 0.2) is 54.7 Å². The second-order valence-corrected chi connectivity index (χ2v) is 5.22. The number of methoxy groups -OCH3 is 1. The Morgan fingerprint density at radius 1 is 1.06 bits per heavy atom. The zero-order chi connectivity index (χ0) is 12.5. The Bertz CT molecular complexity index is 703. The number of nitrogens with zero attached hydrogens (tertiary/aromatic N) is 1. The molecule has 0 aliphatic heterocycles. The summed E-state index contributed by atoms with van der Waals surface area (Å²) in [5, 5.41) is 1.19. The number of aromatic nitrogens is 1. The fourth-order valence-electron chi connectivity index (χ4n) is 2.10. The minimum Gasteiger partial charge on any atom is -0.497 e. The number of rotatable bonds is 2. The molecule has 3 aromatic rings. The third kappa shape index (κ3) is 1.88. The molecule has 1 heterocycles. The summed E-state index contributed by atoms with van der Waals surface area (Å²) < 4.78 is 8.69. The van der Waals surface area contributed by atoms with Crippen LogP contribution in [0.3, 0.4) is 0 Å². The van der Waals surface area contributed by atoms with Crippen LogP contribution in [-0.4, -0.2) is 11.7 Å². The number of benzene rings is 2. The number of hydrogen-bond donors (Lipinski definition) is 0. The molecule has 2 aromatic carbocycles. The molecule has 3 heteroatoms. The van der Waals surface area contributed by atoms with E-state index in [9.17, 15) is 0 Å². The van der Waals surface area contributed by atoms with Crippen LogP contribution >= 0.6 is 22.6 Å². The van der Waals surface area contributed by atoms with E-state index in [1.54, 1.807) is 7.11 Å². The largest absolute Gasteiger partial charge is 0.497 e. The van der Waals surface area contributed by atoms with Crippen molar-refractivity contribution < 1.29 is 4.74 Å². The van der Waals surface area contributed by atoms with E-state index in [1.165, 1.54) is 20.2 Å². The van der Waals surface area contributed by atoms with Gasteiger partial charge >= 0.3 is 0 Å². The van der Waals surface area contributed by atoms with Crippen molar-refractivity contribution in [2.75, 3.05) is 7.11 Å². The Morgan fingerprint density at radius 2 is 1.89 bits per heavy atom. The molecule has 0 unspecified atom stereocenters. The molecule has 90 valence electrons. The zero-order valence-corrected chi connectivity index (χ0v) is 12.1. The fourth-order valence-corrected chi connectivity index (χ4v) is 2.75. The first-order valence-corrected chi connectivity index (χ1v) is 6.77. The molecule has 0 spiro atoms. The predicted octanol–water partition coefficient (Wildman–Crippen LogP) is 4.24. The molecule has 0 fully saturated rings. The lowest BCUT2D eigenvalue weighted by atomic mass is 10.2. The van der Waals surface area contributed by atoms with Gasteiger partial charge in [0.15, 0.2) is 0 Å². The minimum atomic E-state index is 0.892. The van der Waals surface area contributed by atoms with E-state index in [2.05, 4.69) is 75.8 Å². The van der Waals surface area contributed by atoms with Crippen LogP contribution in [-0.2, 0) is 0 Å². The van der Waals surface area contributed by atoms with Crippen LogP contribution in [0.25, 0.3) is 16.6 Å². The van der Waals surface area contributed by atoms with Crippen molar-refractivity contribution in [3.63, 3.8) is 0 Å². The van der Waals surface area contributed by atoms with Gasteiger partial charge in [-0.05, 0) is 59.0 Å². The monoisotopic (exact) mass is 349 g/mol. The van der Waals surface area contributed by atoms with E-state index in [0.717, 1.165) is 5.75 Å². The van der Waals surface area contributed by atoms with Crippen LogP contribution in [0.1, 0.15) is 0 Å². The summed E-state index contributed by atoms with van der Waals surface area (Å²) in [7, 11) is 1.69. The topological polar surface area (TPSA) is 14.2 Å². The first-order valence-electron chi connectivity index (χ1n) is 5.69. The molecule has 1 aromatic heterocycles. The summed E-state index contributed by atoms with van der Waals surface area (Å²) in [5.74, 6) is 0.892. The smallest absolute Gasteiger partial charge is 0.119 e. The highest BCUT2D eigenvalue weighted by molar-refractivity contribution is 14.1. The summed E-state index contributed by atoms with van der Waals surface area (Å²) in [6, 6.07) is 16.6. The summed E-state index contributed by atoms with van der Waals surface area (Å²) in [6.07, 6.45) is 2.10. The molecule has 0 bridgehead atoms. The summed E-state index contributed by atoms with van der Waals surface area (Å²) in [6.45, 7) is 0. The molecular weight excluding hydrogens is 337 g/mol. The SMILES string of the molecule is COc1ccc2c(ccn2-c2ccccc2I)c1. The normalized spacial score (nSPS) is 10.8. The first-order chi connectivity index (χ1) is 8.79. The van der Waals surface area contributed by atoms with Gasteiger partial charge in [-0.1, -0.05) is 12.1 Å². The van der Waals surface area contributed by atoms with E-state index in [-0.39, 0.29) is 0 Å². The molecule has 18 heavy (non-hydrogen) atoms. The maximum absolute atomic E-state index is 5.25. The third-order valence-corrected chi connectivity index (χ3v) is 3.92. The molecule has 0 aliphatic rings. The second-order valence-electron chi connectivity index (χ2n) is 4.06. The summed E-state index contributed by atoms with van der Waals surface area (Å²) >= 11 is 2.36. The van der Waals surface area contributed by atoms with Gasteiger partial charge in [0.1, 0.15) is 5.75 Å². The number of fused-ring (bicyclic) bond motifs is 1. The Labute approximate surface area is 119 Å². The maximum Gasteiger partial charge on any atom is 0.119 e. The number of ether oxygens (including phenoxy) is 1. The number of halogens is 1. The van der Waals surface area contributed by atoms with Crippen LogP contribution < -0.4 is 4.74 Å². The lowest BCUT2D eigenvalue weighted by Gasteiger charge is -2.08. The van der Waals surface area contributed by atoms with Gasteiger partial charge in [0.2, 0.25) is 0 Å². The van der Waals surface area contributed by atoms with Crippen molar-refractivity contribution in [3.8, 4) is 11.4 Å². The average Bonchev–Trinajstić information content (AvgIpc) is 2.82. The second kappa shape index (κ2) is 4.65. The standard InChI is InChI=1S/C15H12INO/c1-18-12-6-7-14-11(10-12)8-9-17(14)15-5-3-2-4-13(15)16/h2-10H,1H3. The van der Waals surface area contributed by atoms with Gasteiger partial charge in [0, 0.05) is 15.2 Å². The maximum atomic E-state index is 5.25. The van der Waals surface area contributed by atoms with Gasteiger partial charge in [0.05, 0.1) is 18.3 Å². The van der Waals surface area contributed by atoms with Crippen molar-refractivity contribution in [1.82, 2.24) is 4.57 Å². The lowest BCUT2D eigenvalue weighted by molar-refractivity contribution is 0.415. The highest BCUT2D eigenvalue weighted by atomic mass is 127. The molecule has 0 saturated carbocycles. The molecule has 0 atom stereocenters. The van der Waals surface area contributed by atoms with Crippen molar-refractivity contribution >= 4 is 33.5 Å². The first kappa shape index (κ1) is 11.6. The van der Waals surface area contributed by atoms with Crippen molar-refractivity contribution in [2.24, 2.45) is 0 Å². The van der Waals surface area contributed by atoms with Gasteiger partial charge in [-0.2, -0.15) is 0 Å². The Morgan fingerprint density at radius 3 is 2.67 bits per heavy atom. The quantitative estimate of drug-likeness (QED) is 0.631. The van der Waals surface area contributed by atoms with Gasteiger partial charge in [-0.15, -0.1) is 0 Å². The van der Waals surface area contributed by atoms with Gasteiger partial charge < -0.3 is 9.30 Å². The highest BCUT2D eigenvalue weighted by Crippen LogP contribution is 2.26. The van der Waals surface area contributed by atoms with E-state index >= 15 is 0 Å². The Kier molecular flexibility index (Phi) is 2.99. The van der Waals surface area contributed by atoms with Crippen molar-refractivity contribution in [1.29, 1.82) is 0 Å². The summed E-state index contributed by atoms with van der Waals surface area (Å²) in [5.41, 5.74) is 2.40. The average molecular weight is 349 g/mol. The molecule has 0 aliphatic carbocycles. The number of para-hydroxylation sites is 1. The summed E-state index contributed by atoms with van der Waals surface area (Å²) in [4.78, 5) is 0. The van der Waals surface area contributed by atoms with Crippen LogP contribution in [0, 0.1) is 3.57 Å². The highest BCUT2D eigenvalue weighted by Gasteiger charge is 2.06. The molecule has 3 rings (SSSR count). The third-order valence-electron chi connectivity index (χ3n) is 3.01. The lowest BCUT2D eigenvalue weighted by Crippen LogP contribution is -1.94. The Hall–Kier alpha value is -1.49. The van der Waals surface area contributed by atoms with E-state index in [0.29, 0.717) is 0 Å². The molecular formula is C15H12INO. The van der Waals surface area contributed by atoms with Crippen LogP contribution in [0.5, 0.6) is 5.75 Å². The van der Waals surface area contributed by atoms with Crippen molar-refractivity contribution in [2.45, 2.75) is 0 Å². The van der Waals surface area contributed by atoms with E-state index < -0.39 is 0 Å². The van der Waals surface area contributed by atoms with Gasteiger partial charge in [-0.25, -0.2) is 0 Å². The minimum absolute atomic E-state index is 0.892. The molecule has 0 saturated heterocycles. The number of hydrogen-bond acceptors (Lipinski definition) is 1. The van der Waals surface area contributed by atoms with Crippen LogP contribution in [0.2, 0.25) is 0 Å². The van der Waals surface area contributed by atoms with E-state index in [1.807, 2.05) is 6.07 Å². The Balaban J connectivity index is 2.22. The molecule has 0 radical (unpaired) electrons. The predicted molar refractivity (Wildman–Crippen MR) is 82.5 cm³/mol. The van der Waals surface area contributed by atoms with E-state index in [4.69, 9.17) is 4.74 Å². The van der Waals surface area contributed by atoms with Gasteiger partial charge in [0.25, 0.3) is 0 Å². The van der Waals surface area contributed by atoms with Crippen LogP contribution in [0.4, 0.5) is 0 Å². The molecule has 0 N–H and O–H groups in total. The van der Waals surface area contributed by atoms with Crippen molar-refractivity contribution in [3.05, 3.63) is 58.3 Å². The molecule has 0 amide bonds. The zero-order valence-electron chi connectivity index (χ0n) is 9.93. The van der Waals surface area contributed by atoms with Gasteiger partial charge in [-0.3, -0.25) is 0 Å². The molecule has 2 nitrogen and oxygen atoms in total. The fraction of sp³-hybridized carbons (Fsp3) is 0.0667.